The fraction of sp³-hybridized carbons (Fsp3) is 0.333. The van der Waals surface area contributed by atoms with Crippen LogP contribution in [0.2, 0.25) is 0 Å². The lowest BCUT2D eigenvalue weighted by Crippen LogP contribution is -2.48. The van der Waals surface area contributed by atoms with Crippen molar-refractivity contribution in [3.8, 4) is 11.3 Å². The van der Waals surface area contributed by atoms with Crippen LogP contribution >= 0.6 is 0 Å². The van der Waals surface area contributed by atoms with Gasteiger partial charge in [-0.25, -0.2) is 4.79 Å². The minimum Gasteiger partial charge on any atom is -0.354 e. The van der Waals surface area contributed by atoms with Gasteiger partial charge in [-0.3, -0.25) is 5.32 Å². The Balaban J connectivity index is 1.63. The minimum absolute atomic E-state index is 0.129. The zero-order chi connectivity index (χ0) is 14.7. The Morgan fingerprint density at radius 1 is 1.19 bits per heavy atom. The average molecular weight is 286 g/mol. The Morgan fingerprint density at radius 2 is 1.90 bits per heavy atom. The van der Waals surface area contributed by atoms with Crippen LogP contribution in [0.25, 0.3) is 11.3 Å². The summed E-state index contributed by atoms with van der Waals surface area (Å²) >= 11 is 0. The third kappa shape index (κ3) is 3.22. The molecule has 0 bridgehead atoms. The number of likely N-dealkylation sites (N-methyl/N-ethyl adjacent to an activating group) is 1. The standard InChI is InChI=1S/C15H18N4O2/c1-18-7-9-19(10-8-18)15(20)16-14-11-13(21-17-14)12-5-3-2-4-6-12/h2-6,11H,7-10H2,1H3,(H,16,17,20). The van der Waals surface area contributed by atoms with Gasteiger partial charge in [-0.1, -0.05) is 35.5 Å². The second kappa shape index (κ2) is 5.97. The number of benzene rings is 1. The van der Waals surface area contributed by atoms with E-state index >= 15 is 0 Å². The van der Waals surface area contributed by atoms with Gasteiger partial charge in [0.1, 0.15) is 0 Å². The van der Waals surface area contributed by atoms with Crippen LogP contribution < -0.4 is 5.32 Å². The van der Waals surface area contributed by atoms with Crippen molar-refractivity contribution in [2.24, 2.45) is 0 Å². The molecule has 1 aliphatic rings. The van der Waals surface area contributed by atoms with Crippen LogP contribution in [0.5, 0.6) is 0 Å². The second-order valence-electron chi connectivity index (χ2n) is 5.16. The van der Waals surface area contributed by atoms with E-state index in [4.69, 9.17) is 4.52 Å². The van der Waals surface area contributed by atoms with Crippen LogP contribution in [0, 0.1) is 0 Å². The van der Waals surface area contributed by atoms with Crippen molar-refractivity contribution >= 4 is 11.8 Å². The highest BCUT2D eigenvalue weighted by atomic mass is 16.5. The van der Waals surface area contributed by atoms with Crippen LogP contribution in [-0.2, 0) is 0 Å². The molecule has 0 unspecified atom stereocenters. The molecule has 0 saturated carbocycles. The molecule has 1 saturated heterocycles. The Labute approximate surface area is 123 Å². The number of carbonyl (C=O) groups excluding carboxylic acids is 1. The van der Waals surface area contributed by atoms with Crippen molar-refractivity contribution in [3.63, 3.8) is 0 Å². The molecule has 0 spiro atoms. The number of nitrogens with one attached hydrogen (secondary N) is 1. The molecule has 6 heteroatoms. The summed E-state index contributed by atoms with van der Waals surface area (Å²) < 4.78 is 5.26. The summed E-state index contributed by atoms with van der Waals surface area (Å²) in [6.07, 6.45) is 0. The number of rotatable bonds is 2. The van der Waals surface area contributed by atoms with Gasteiger partial charge in [-0.15, -0.1) is 0 Å². The maximum atomic E-state index is 12.1. The lowest BCUT2D eigenvalue weighted by atomic mass is 10.2. The highest BCUT2D eigenvalue weighted by Crippen LogP contribution is 2.22. The van der Waals surface area contributed by atoms with Crippen LogP contribution in [0.1, 0.15) is 0 Å². The molecule has 0 atom stereocenters. The Hall–Kier alpha value is -2.34. The Kier molecular flexibility index (Phi) is 3.87. The zero-order valence-electron chi connectivity index (χ0n) is 12.0. The number of nitrogens with zero attached hydrogens (tertiary/aromatic N) is 3. The summed E-state index contributed by atoms with van der Waals surface area (Å²) in [6, 6.07) is 11.3. The average Bonchev–Trinajstić information content (AvgIpc) is 2.97. The first-order valence-corrected chi connectivity index (χ1v) is 6.99. The van der Waals surface area contributed by atoms with E-state index in [1.54, 1.807) is 11.0 Å². The van der Waals surface area contributed by atoms with Gasteiger partial charge in [-0.05, 0) is 7.05 Å². The molecule has 2 amide bonds. The van der Waals surface area contributed by atoms with E-state index < -0.39 is 0 Å². The zero-order valence-corrected chi connectivity index (χ0v) is 12.0. The largest absolute Gasteiger partial charge is 0.354 e. The molecule has 2 aromatic rings. The number of hydrogen-bond acceptors (Lipinski definition) is 4. The maximum Gasteiger partial charge on any atom is 0.323 e. The third-order valence-corrected chi connectivity index (χ3v) is 3.59. The Morgan fingerprint density at radius 3 is 2.62 bits per heavy atom. The monoisotopic (exact) mass is 286 g/mol. The number of anilines is 1. The molecule has 0 radical (unpaired) electrons. The summed E-state index contributed by atoms with van der Waals surface area (Å²) in [5.41, 5.74) is 0.935. The fourth-order valence-electron chi connectivity index (χ4n) is 2.27. The first-order valence-electron chi connectivity index (χ1n) is 6.99. The number of piperazine rings is 1. The number of amides is 2. The highest BCUT2D eigenvalue weighted by Gasteiger charge is 2.20. The summed E-state index contributed by atoms with van der Waals surface area (Å²) in [7, 11) is 2.05. The Bertz CT molecular complexity index is 603. The van der Waals surface area contributed by atoms with E-state index in [9.17, 15) is 4.79 Å². The lowest BCUT2D eigenvalue weighted by molar-refractivity contribution is 0.164. The fourth-order valence-corrected chi connectivity index (χ4v) is 2.27. The number of carbonyl (C=O) groups is 1. The minimum atomic E-state index is -0.129. The topological polar surface area (TPSA) is 61.6 Å². The van der Waals surface area contributed by atoms with Gasteiger partial charge in [0.05, 0.1) is 0 Å². The summed E-state index contributed by atoms with van der Waals surface area (Å²) in [4.78, 5) is 16.1. The molecule has 1 aliphatic heterocycles. The van der Waals surface area contributed by atoms with Crippen LogP contribution in [-0.4, -0.2) is 54.2 Å². The number of urea groups is 1. The van der Waals surface area contributed by atoms with Crippen LogP contribution in [0.4, 0.5) is 10.6 Å². The molecule has 1 N–H and O–H groups in total. The molecule has 6 nitrogen and oxygen atoms in total. The molecule has 2 heterocycles. The van der Waals surface area contributed by atoms with E-state index in [2.05, 4.69) is 22.4 Å². The van der Waals surface area contributed by atoms with Gasteiger partial charge in [0.15, 0.2) is 11.6 Å². The third-order valence-electron chi connectivity index (χ3n) is 3.59. The second-order valence-corrected chi connectivity index (χ2v) is 5.16. The molecule has 3 rings (SSSR count). The first kappa shape index (κ1) is 13.6. The molecule has 0 aliphatic carbocycles. The van der Waals surface area contributed by atoms with Crippen molar-refractivity contribution in [2.75, 3.05) is 38.5 Å². The predicted molar refractivity (Wildman–Crippen MR) is 80.0 cm³/mol. The molecular formula is C15H18N4O2. The van der Waals surface area contributed by atoms with Crippen LogP contribution in [0.3, 0.4) is 0 Å². The summed E-state index contributed by atoms with van der Waals surface area (Å²) in [6.45, 7) is 3.24. The quantitative estimate of drug-likeness (QED) is 0.918. The molecule has 1 aromatic heterocycles. The van der Waals surface area contributed by atoms with Crippen molar-refractivity contribution < 1.29 is 9.32 Å². The number of aromatic nitrogens is 1. The van der Waals surface area contributed by atoms with Gasteiger partial charge < -0.3 is 14.3 Å². The first-order chi connectivity index (χ1) is 10.2. The molecule has 1 aromatic carbocycles. The molecule has 1 fully saturated rings. The molecular weight excluding hydrogens is 268 g/mol. The summed E-state index contributed by atoms with van der Waals surface area (Å²) in [5.74, 6) is 1.09. The van der Waals surface area contributed by atoms with Gasteiger partial charge in [0.25, 0.3) is 0 Å². The maximum absolute atomic E-state index is 12.1. The smallest absolute Gasteiger partial charge is 0.323 e. The SMILES string of the molecule is CN1CCN(C(=O)Nc2cc(-c3ccccc3)on2)CC1. The van der Waals surface area contributed by atoms with E-state index in [1.165, 1.54) is 0 Å². The predicted octanol–water partition coefficient (Wildman–Crippen LogP) is 2.12. The normalized spacial score (nSPS) is 16.0. The van der Waals surface area contributed by atoms with Crippen molar-refractivity contribution in [3.05, 3.63) is 36.4 Å². The van der Waals surface area contributed by atoms with Gasteiger partial charge in [0, 0.05) is 37.8 Å². The lowest BCUT2D eigenvalue weighted by Gasteiger charge is -2.32. The number of hydrogen-bond donors (Lipinski definition) is 1. The van der Waals surface area contributed by atoms with E-state index in [1.807, 2.05) is 30.3 Å². The molecule has 21 heavy (non-hydrogen) atoms. The van der Waals surface area contributed by atoms with Gasteiger partial charge in [0.2, 0.25) is 0 Å². The van der Waals surface area contributed by atoms with Crippen molar-refractivity contribution in [1.82, 2.24) is 15.0 Å². The van der Waals surface area contributed by atoms with E-state index in [0.29, 0.717) is 11.6 Å². The summed E-state index contributed by atoms with van der Waals surface area (Å²) in [5, 5.41) is 6.68. The van der Waals surface area contributed by atoms with E-state index in [0.717, 1.165) is 31.7 Å². The van der Waals surface area contributed by atoms with Crippen LogP contribution in [0.15, 0.2) is 40.9 Å². The van der Waals surface area contributed by atoms with Gasteiger partial charge >= 0.3 is 6.03 Å². The van der Waals surface area contributed by atoms with Gasteiger partial charge in [-0.2, -0.15) is 0 Å². The van der Waals surface area contributed by atoms with Crippen molar-refractivity contribution in [1.29, 1.82) is 0 Å². The highest BCUT2D eigenvalue weighted by molar-refractivity contribution is 5.88. The van der Waals surface area contributed by atoms with Crippen molar-refractivity contribution in [2.45, 2.75) is 0 Å². The molecule has 110 valence electrons. The van der Waals surface area contributed by atoms with E-state index in [-0.39, 0.29) is 6.03 Å².